The van der Waals surface area contributed by atoms with Crippen molar-refractivity contribution in [2.24, 2.45) is 0 Å². The van der Waals surface area contributed by atoms with E-state index < -0.39 is 18.2 Å². The molecule has 0 aromatic heterocycles. The summed E-state index contributed by atoms with van der Waals surface area (Å²) in [4.78, 5) is 25.5. The van der Waals surface area contributed by atoms with E-state index in [9.17, 15) is 9.59 Å². The van der Waals surface area contributed by atoms with Crippen LogP contribution in [0.15, 0.2) is 60.7 Å². The smallest absolute Gasteiger partial charge is 0.356 e. The topological polar surface area (TPSA) is 85.9 Å². The van der Waals surface area contributed by atoms with Crippen molar-refractivity contribution in [3.8, 4) is 0 Å². The molecule has 1 amide bonds. The Kier molecular flexibility index (Phi) is 10.9. The molecular formula is C25H34N2O5. The van der Waals surface area contributed by atoms with Crippen molar-refractivity contribution in [1.29, 1.82) is 0 Å². The molecule has 0 saturated heterocycles. The number of hydrogen-bond donors (Lipinski definition) is 2. The van der Waals surface area contributed by atoms with Gasteiger partial charge in [-0.3, -0.25) is 10.1 Å². The van der Waals surface area contributed by atoms with Gasteiger partial charge in [0, 0.05) is 0 Å². The quantitative estimate of drug-likeness (QED) is 0.282. The second-order valence-corrected chi connectivity index (χ2v) is 7.98. The zero-order valence-corrected chi connectivity index (χ0v) is 19.2. The van der Waals surface area contributed by atoms with E-state index in [0.717, 1.165) is 11.1 Å². The summed E-state index contributed by atoms with van der Waals surface area (Å²) >= 11 is 0. The molecule has 32 heavy (non-hydrogen) atoms. The van der Waals surface area contributed by atoms with Gasteiger partial charge in [0.2, 0.25) is 12.1 Å². The molecule has 2 rings (SSSR count). The number of ether oxygens (including phenoxy) is 3. The van der Waals surface area contributed by atoms with E-state index in [4.69, 9.17) is 14.2 Å². The third kappa shape index (κ3) is 9.60. The van der Waals surface area contributed by atoms with Gasteiger partial charge >= 0.3 is 5.97 Å². The highest BCUT2D eigenvalue weighted by Gasteiger charge is 2.28. The number of rotatable bonds is 13. The summed E-state index contributed by atoms with van der Waals surface area (Å²) < 4.78 is 16.5. The molecular weight excluding hydrogens is 408 g/mol. The van der Waals surface area contributed by atoms with Gasteiger partial charge in [0.05, 0.1) is 31.6 Å². The van der Waals surface area contributed by atoms with Gasteiger partial charge in [0.15, 0.2) is 0 Å². The molecule has 0 aliphatic rings. The average Bonchev–Trinajstić information content (AvgIpc) is 2.76. The molecule has 0 fully saturated rings. The maximum absolute atomic E-state index is 13.1. The molecule has 0 saturated carbocycles. The van der Waals surface area contributed by atoms with Crippen LogP contribution in [0.4, 0.5) is 0 Å². The molecule has 0 aliphatic heterocycles. The highest BCUT2D eigenvalue weighted by atomic mass is 16.6. The highest BCUT2D eigenvalue weighted by molar-refractivity contribution is 5.87. The molecule has 1 unspecified atom stereocenters. The standard InChI is InChI=1S/C25H34N2O5/c1-18(2)31-24(25(29)32-19(3)4)27-23(28)22(15-20-11-7-5-8-12-20)26-17-30-16-21-13-9-6-10-14-21/h5-14,18-19,22,24,26H,15-17H2,1-4H3,(H,27,28)/t22-,24?/m0/s1. The van der Waals surface area contributed by atoms with Gasteiger partial charge in [-0.25, -0.2) is 4.79 Å². The van der Waals surface area contributed by atoms with Crippen molar-refractivity contribution >= 4 is 11.9 Å². The van der Waals surface area contributed by atoms with Crippen LogP contribution in [0.1, 0.15) is 38.8 Å². The molecule has 2 N–H and O–H groups in total. The van der Waals surface area contributed by atoms with Gasteiger partial charge < -0.3 is 19.5 Å². The minimum atomic E-state index is -1.18. The van der Waals surface area contributed by atoms with Crippen LogP contribution in [-0.2, 0) is 36.8 Å². The lowest BCUT2D eigenvalue weighted by Gasteiger charge is -2.25. The van der Waals surface area contributed by atoms with E-state index >= 15 is 0 Å². The van der Waals surface area contributed by atoms with E-state index in [1.165, 1.54) is 0 Å². The zero-order valence-electron chi connectivity index (χ0n) is 19.2. The van der Waals surface area contributed by atoms with Crippen molar-refractivity contribution in [3.63, 3.8) is 0 Å². The Hall–Kier alpha value is -2.74. The van der Waals surface area contributed by atoms with Crippen molar-refractivity contribution in [2.45, 2.75) is 65.2 Å². The molecule has 7 heteroatoms. The maximum atomic E-state index is 13.1. The number of benzene rings is 2. The summed E-state index contributed by atoms with van der Waals surface area (Å²) in [5.41, 5.74) is 2.02. The molecule has 0 radical (unpaired) electrons. The Morgan fingerprint density at radius 3 is 2.00 bits per heavy atom. The first-order chi connectivity index (χ1) is 15.3. The maximum Gasteiger partial charge on any atom is 0.356 e. The van der Waals surface area contributed by atoms with Crippen molar-refractivity contribution in [2.75, 3.05) is 6.73 Å². The Morgan fingerprint density at radius 2 is 1.44 bits per heavy atom. The van der Waals surface area contributed by atoms with Gasteiger partial charge in [0.1, 0.15) is 0 Å². The SMILES string of the molecule is CC(C)OC(=O)C(NC(=O)[C@H](Cc1ccccc1)NCOCc1ccccc1)OC(C)C. The summed E-state index contributed by atoms with van der Waals surface area (Å²) in [7, 11) is 0. The summed E-state index contributed by atoms with van der Waals surface area (Å²) in [6.45, 7) is 7.67. The van der Waals surface area contributed by atoms with Gasteiger partial charge in [-0.15, -0.1) is 0 Å². The Bertz CT molecular complexity index is 812. The van der Waals surface area contributed by atoms with Crippen LogP contribution < -0.4 is 10.6 Å². The second-order valence-electron chi connectivity index (χ2n) is 7.98. The fourth-order valence-electron chi connectivity index (χ4n) is 2.95. The highest BCUT2D eigenvalue weighted by Crippen LogP contribution is 2.07. The first-order valence-electron chi connectivity index (χ1n) is 10.9. The molecule has 0 aliphatic carbocycles. The number of amides is 1. The number of carbonyl (C=O) groups excluding carboxylic acids is 2. The fraction of sp³-hybridized carbons (Fsp3) is 0.440. The minimum absolute atomic E-state index is 0.173. The number of nitrogens with one attached hydrogen (secondary N) is 2. The average molecular weight is 443 g/mol. The van der Waals surface area contributed by atoms with Gasteiger partial charge in [0.25, 0.3) is 0 Å². The molecule has 0 spiro atoms. The normalized spacial score (nSPS) is 13.1. The lowest BCUT2D eigenvalue weighted by molar-refractivity contribution is -0.169. The molecule has 0 heterocycles. The van der Waals surface area contributed by atoms with Crippen LogP contribution in [0, 0.1) is 0 Å². The molecule has 0 bridgehead atoms. The summed E-state index contributed by atoms with van der Waals surface area (Å²) in [5.74, 6) is -0.996. The summed E-state index contributed by atoms with van der Waals surface area (Å²) in [6, 6.07) is 18.8. The van der Waals surface area contributed by atoms with Crippen molar-refractivity contribution in [1.82, 2.24) is 10.6 Å². The lowest BCUT2D eigenvalue weighted by atomic mass is 10.1. The van der Waals surface area contributed by atoms with E-state index in [-0.39, 0.29) is 24.8 Å². The number of carbonyl (C=O) groups is 2. The monoisotopic (exact) mass is 442 g/mol. The number of esters is 1. The van der Waals surface area contributed by atoms with Gasteiger partial charge in [-0.1, -0.05) is 60.7 Å². The molecule has 2 atom stereocenters. The number of hydrogen-bond acceptors (Lipinski definition) is 6. The van der Waals surface area contributed by atoms with Crippen LogP contribution in [0.5, 0.6) is 0 Å². The van der Waals surface area contributed by atoms with Crippen molar-refractivity contribution in [3.05, 3.63) is 71.8 Å². The Labute approximate surface area is 190 Å². The molecule has 2 aromatic carbocycles. The van der Waals surface area contributed by atoms with Crippen molar-refractivity contribution < 1.29 is 23.8 Å². The lowest BCUT2D eigenvalue weighted by Crippen LogP contribution is -2.53. The summed E-state index contributed by atoms with van der Waals surface area (Å²) in [5, 5.41) is 5.81. The van der Waals surface area contributed by atoms with E-state index in [2.05, 4.69) is 10.6 Å². The van der Waals surface area contributed by atoms with E-state index in [1.54, 1.807) is 27.7 Å². The zero-order chi connectivity index (χ0) is 23.3. The van der Waals surface area contributed by atoms with E-state index in [0.29, 0.717) is 13.0 Å². The predicted octanol–water partition coefficient (Wildman–Crippen LogP) is 3.18. The third-order valence-corrected chi connectivity index (χ3v) is 4.39. The van der Waals surface area contributed by atoms with E-state index in [1.807, 2.05) is 60.7 Å². The molecule has 7 nitrogen and oxygen atoms in total. The van der Waals surface area contributed by atoms with Crippen LogP contribution in [0.2, 0.25) is 0 Å². The van der Waals surface area contributed by atoms with Crippen LogP contribution in [0.25, 0.3) is 0 Å². The largest absolute Gasteiger partial charge is 0.460 e. The first-order valence-corrected chi connectivity index (χ1v) is 10.9. The minimum Gasteiger partial charge on any atom is -0.460 e. The molecule has 2 aromatic rings. The fourth-order valence-corrected chi connectivity index (χ4v) is 2.95. The van der Waals surface area contributed by atoms with Gasteiger partial charge in [-0.2, -0.15) is 0 Å². The van der Waals surface area contributed by atoms with Crippen LogP contribution >= 0.6 is 0 Å². The molecule has 174 valence electrons. The Balaban J connectivity index is 2.02. The summed E-state index contributed by atoms with van der Waals surface area (Å²) in [6.07, 6.45) is -1.35. The van der Waals surface area contributed by atoms with Crippen LogP contribution in [-0.4, -0.2) is 43.1 Å². The van der Waals surface area contributed by atoms with Crippen LogP contribution in [0.3, 0.4) is 0 Å². The Morgan fingerprint density at radius 1 is 0.844 bits per heavy atom. The van der Waals surface area contributed by atoms with Gasteiger partial charge in [-0.05, 0) is 45.2 Å². The predicted molar refractivity (Wildman–Crippen MR) is 123 cm³/mol. The third-order valence-electron chi connectivity index (χ3n) is 4.39. The second kappa shape index (κ2) is 13.6. The first kappa shape index (κ1) is 25.5.